The topological polar surface area (TPSA) is 51.3 Å². The summed E-state index contributed by atoms with van der Waals surface area (Å²) in [5, 5.41) is 4.27. The van der Waals surface area contributed by atoms with Crippen molar-refractivity contribution in [2.45, 2.75) is 18.9 Å². The van der Waals surface area contributed by atoms with Crippen LogP contribution in [0.15, 0.2) is 59.3 Å². The van der Waals surface area contributed by atoms with Crippen molar-refractivity contribution in [3.05, 3.63) is 66.4 Å². The zero-order chi connectivity index (χ0) is 17.2. The fraction of sp³-hybridized carbons (Fsp3) is 0.263. The molecule has 0 aliphatic carbocycles. The van der Waals surface area contributed by atoms with E-state index in [9.17, 15) is 9.18 Å². The molecule has 4 rings (SSSR count). The molecule has 1 atom stereocenters. The smallest absolute Gasteiger partial charge is 0.289 e. The third-order valence-corrected chi connectivity index (χ3v) is 4.54. The van der Waals surface area contributed by atoms with E-state index in [0.29, 0.717) is 24.4 Å². The van der Waals surface area contributed by atoms with Gasteiger partial charge >= 0.3 is 0 Å². The normalized spacial score (nSPS) is 17.6. The third-order valence-electron chi connectivity index (χ3n) is 4.54. The Kier molecular flexibility index (Phi) is 4.09. The Labute approximate surface area is 144 Å². The molecular weight excluding hydrogens is 321 g/mol. The number of aromatic nitrogens is 2. The van der Waals surface area contributed by atoms with Gasteiger partial charge in [0.05, 0.1) is 11.6 Å². The quantitative estimate of drug-likeness (QED) is 0.730. The molecule has 0 unspecified atom stereocenters. The number of halogens is 1. The molecule has 0 spiro atoms. The minimum absolute atomic E-state index is 0.167. The van der Waals surface area contributed by atoms with Gasteiger partial charge < -0.3 is 9.32 Å². The Hall–Kier alpha value is -2.89. The summed E-state index contributed by atoms with van der Waals surface area (Å²) in [7, 11) is 0. The molecule has 1 amide bonds. The van der Waals surface area contributed by atoms with Gasteiger partial charge in [0, 0.05) is 25.5 Å². The lowest BCUT2D eigenvalue weighted by molar-refractivity contribution is 0.0642. The zero-order valence-corrected chi connectivity index (χ0v) is 13.6. The number of piperidine rings is 1. The second-order valence-corrected chi connectivity index (χ2v) is 6.18. The van der Waals surface area contributed by atoms with Gasteiger partial charge in [0.1, 0.15) is 11.6 Å². The minimum atomic E-state index is -0.368. The van der Waals surface area contributed by atoms with Crippen LogP contribution in [0.25, 0.3) is 11.3 Å². The Morgan fingerprint density at radius 2 is 2.08 bits per heavy atom. The number of furan rings is 1. The summed E-state index contributed by atoms with van der Waals surface area (Å²) in [6.45, 7) is 1.28. The largest absolute Gasteiger partial charge is 0.451 e. The molecular formula is C19H18FN3O2. The van der Waals surface area contributed by atoms with Crippen LogP contribution in [0.5, 0.6) is 0 Å². The molecule has 6 heteroatoms. The Morgan fingerprint density at radius 3 is 2.88 bits per heavy atom. The molecule has 128 valence electrons. The van der Waals surface area contributed by atoms with Crippen LogP contribution < -0.4 is 0 Å². The maximum absolute atomic E-state index is 13.9. The summed E-state index contributed by atoms with van der Waals surface area (Å²) in [4.78, 5) is 14.5. The lowest BCUT2D eigenvalue weighted by Crippen LogP contribution is -2.40. The van der Waals surface area contributed by atoms with E-state index in [1.54, 1.807) is 41.4 Å². The van der Waals surface area contributed by atoms with E-state index in [4.69, 9.17) is 4.42 Å². The Balaban J connectivity index is 1.52. The minimum Gasteiger partial charge on any atom is -0.451 e. The van der Waals surface area contributed by atoms with Crippen LogP contribution in [0.1, 0.15) is 29.4 Å². The summed E-state index contributed by atoms with van der Waals surface area (Å²) in [5.41, 5.74) is 0.356. The highest BCUT2D eigenvalue weighted by atomic mass is 19.1. The number of nitrogens with zero attached hydrogens (tertiary/aromatic N) is 3. The predicted molar refractivity (Wildman–Crippen MR) is 90.5 cm³/mol. The van der Waals surface area contributed by atoms with Gasteiger partial charge in [-0.15, -0.1) is 0 Å². The fourth-order valence-corrected chi connectivity index (χ4v) is 3.27. The molecule has 1 aromatic carbocycles. The number of carbonyl (C=O) groups is 1. The van der Waals surface area contributed by atoms with Crippen LogP contribution in [0.2, 0.25) is 0 Å². The summed E-state index contributed by atoms with van der Waals surface area (Å²) in [6, 6.07) is 11.7. The average Bonchev–Trinajstić information content (AvgIpc) is 3.34. The molecule has 0 radical (unpaired) electrons. The summed E-state index contributed by atoms with van der Waals surface area (Å²) in [5.74, 6) is 0.0634. The van der Waals surface area contributed by atoms with Crippen LogP contribution in [0.4, 0.5) is 4.39 Å². The van der Waals surface area contributed by atoms with Gasteiger partial charge in [0.2, 0.25) is 0 Å². The molecule has 1 aliphatic rings. The monoisotopic (exact) mass is 339 g/mol. The first-order valence-corrected chi connectivity index (χ1v) is 8.35. The number of hydrogen-bond acceptors (Lipinski definition) is 3. The molecule has 3 aromatic rings. The number of rotatable bonds is 3. The van der Waals surface area contributed by atoms with Crippen molar-refractivity contribution < 1.29 is 13.6 Å². The van der Waals surface area contributed by atoms with Gasteiger partial charge in [-0.2, -0.15) is 5.10 Å². The summed E-state index contributed by atoms with van der Waals surface area (Å²) < 4.78 is 21.4. The standard InChI is InChI=1S/C19H18FN3O2/c20-16-7-2-1-6-15(16)17-8-9-18(25-17)19(24)22-11-3-5-14(13-22)23-12-4-10-21-23/h1-2,4,6-10,12,14H,3,5,11,13H2/t14-/m0/s1. The number of benzene rings is 1. The van der Waals surface area contributed by atoms with Crippen LogP contribution in [-0.2, 0) is 0 Å². The lowest BCUT2D eigenvalue weighted by Gasteiger charge is -2.32. The van der Waals surface area contributed by atoms with Crippen molar-refractivity contribution in [1.29, 1.82) is 0 Å². The predicted octanol–water partition coefficient (Wildman–Crippen LogP) is 3.76. The zero-order valence-electron chi connectivity index (χ0n) is 13.6. The molecule has 1 saturated heterocycles. The van der Waals surface area contributed by atoms with E-state index >= 15 is 0 Å². The van der Waals surface area contributed by atoms with Crippen molar-refractivity contribution in [3.8, 4) is 11.3 Å². The maximum atomic E-state index is 13.9. The van der Waals surface area contributed by atoms with Gasteiger partial charge in [0.25, 0.3) is 5.91 Å². The van der Waals surface area contributed by atoms with E-state index in [-0.39, 0.29) is 23.5 Å². The van der Waals surface area contributed by atoms with Gasteiger partial charge in [0.15, 0.2) is 5.76 Å². The second kappa shape index (κ2) is 6.55. The molecule has 0 bridgehead atoms. The van der Waals surface area contributed by atoms with E-state index in [2.05, 4.69) is 5.10 Å². The Morgan fingerprint density at radius 1 is 1.20 bits per heavy atom. The molecule has 1 fully saturated rings. The first kappa shape index (κ1) is 15.6. The number of likely N-dealkylation sites (tertiary alicyclic amines) is 1. The van der Waals surface area contributed by atoms with E-state index in [1.807, 2.05) is 16.9 Å². The molecule has 0 saturated carbocycles. The van der Waals surface area contributed by atoms with Crippen LogP contribution in [-0.4, -0.2) is 33.7 Å². The van der Waals surface area contributed by atoms with Crippen molar-refractivity contribution in [3.63, 3.8) is 0 Å². The molecule has 1 aliphatic heterocycles. The number of amides is 1. The van der Waals surface area contributed by atoms with E-state index in [1.165, 1.54) is 6.07 Å². The van der Waals surface area contributed by atoms with Crippen molar-refractivity contribution in [2.24, 2.45) is 0 Å². The molecule has 5 nitrogen and oxygen atoms in total. The van der Waals surface area contributed by atoms with Crippen molar-refractivity contribution >= 4 is 5.91 Å². The first-order valence-electron chi connectivity index (χ1n) is 8.35. The highest BCUT2D eigenvalue weighted by Gasteiger charge is 2.27. The SMILES string of the molecule is O=C(c1ccc(-c2ccccc2F)o1)N1CCC[C@H](n2cccn2)C1. The van der Waals surface area contributed by atoms with E-state index < -0.39 is 0 Å². The lowest BCUT2D eigenvalue weighted by atomic mass is 10.1. The van der Waals surface area contributed by atoms with Crippen LogP contribution in [0.3, 0.4) is 0 Å². The van der Waals surface area contributed by atoms with Gasteiger partial charge in [-0.3, -0.25) is 9.48 Å². The van der Waals surface area contributed by atoms with Crippen LogP contribution >= 0.6 is 0 Å². The number of hydrogen-bond donors (Lipinski definition) is 0. The molecule has 3 heterocycles. The fourth-order valence-electron chi connectivity index (χ4n) is 3.27. The van der Waals surface area contributed by atoms with Gasteiger partial charge in [-0.05, 0) is 43.2 Å². The van der Waals surface area contributed by atoms with Gasteiger partial charge in [-0.25, -0.2) is 4.39 Å². The Bertz CT molecular complexity index is 872. The van der Waals surface area contributed by atoms with Crippen molar-refractivity contribution in [1.82, 2.24) is 14.7 Å². The van der Waals surface area contributed by atoms with Gasteiger partial charge in [-0.1, -0.05) is 12.1 Å². The molecule has 2 aromatic heterocycles. The van der Waals surface area contributed by atoms with Crippen molar-refractivity contribution in [2.75, 3.05) is 13.1 Å². The average molecular weight is 339 g/mol. The molecule has 0 N–H and O–H groups in total. The highest BCUT2D eigenvalue weighted by molar-refractivity contribution is 5.92. The maximum Gasteiger partial charge on any atom is 0.289 e. The summed E-state index contributed by atoms with van der Waals surface area (Å²) >= 11 is 0. The second-order valence-electron chi connectivity index (χ2n) is 6.18. The highest BCUT2D eigenvalue weighted by Crippen LogP contribution is 2.27. The number of carbonyl (C=O) groups excluding carboxylic acids is 1. The first-order chi connectivity index (χ1) is 12.2. The third kappa shape index (κ3) is 3.07. The van der Waals surface area contributed by atoms with E-state index in [0.717, 1.165) is 12.8 Å². The summed E-state index contributed by atoms with van der Waals surface area (Å²) in [6.07, 6.45) is 5.57. The molecule has 25 heavy (non-hydrogen) atoms. The van der Waals surface area contributed by atoms with Crippen LogP contribution in [0, 0.1) is 5.82 Å².